The van der Waals surface area contributed by atoms with Gasteiger partial charge in [-0.05, 0) is 24.1 Å². The van der Waals surface area contributed by atoms with Gasteiger partial charge < -0.3 is 11.1 Å². The number of amides is 1. The Morgan fingerprint density at radius 1 is 1.17 bits per heavy atom. The highest BCUT2D eigenvalue weighted by atomic mass is 16.1. The van der Waals surface area contributed by atoms with E-state index in [1.807, 2.05) is 30.3 Å². The van der Waals surface area contributed by atoms with Crippen molar-refractivity contribution in [2.75, 3.05) is 12.3 Å². The Labute approximate surface area is 106 Å². The predicted molar refractivity (Wildman–Crippen MR) is 71.1 cm³/mol. The lowest BCUT2D eigenvalue weighted by molar-refractivity contribution is 0.0949. The van der Waals surface area contributed by atoms with Crippen molar-refractivity contribution in [3.05, 3.63) is 59.9 Å². The summed E-state index contributed by atoms with van der Waals surface area (Å²) in [5.74, 6) is -0.175. The standard InChI is InChI=1S/C14H15N3O/c15-12-6-7-13(17-10-12)14(18)16-9-8-11-4-2-1-3-5-11/h1-7,10H,8-9,15H2,(H,16,18). The van der Waals surface area contributed by atoms with Crippen molar-refractivity contribution < 1.29 is 4.79 Å². The first kappa shape index (κ1) is 12.1. The van der Waals surface area contributed by atoms with Gasteiger partial charge in [0.25, 0.3) is 5.91 Å². The van der Waals surface area contributed by atoms with Crippen LogP contribution in [0.1, 0.15) is 16.1 Å². The Balaban J connectivity index is 1.84. The lowest BCUT2D eigenvalue weighted by Crippen LogP contribution is -2.26. The summed E-state index contributed by atoms with van der Waals surface area (Å²) >= 11 is 0. The number of anilines is 1. The van der Waals surface area contributed by atoms with E-state index < -0.39 is 0 Å². The van der Waals surface area contributed by atoms with Gasteiger partial charge in [-0.2, -0.15) is 0 Å². The molecule has 3 N–H and O–H groups in total. The number of nitrogens with one attached hydrogen (secondary N) is 1. The van der Waals surface area contributed by atoms with Crippen molar-refractivity contribution in [3.63, 3.8) is 0 Å². The van der Waals surface area contributed by atoms with E-state index in [1.54, 1.807) is 12.1 Å². The molecule has 1 aromatic heterocycles. The van der Waals surface area contributed by atoms with Crippen LogP contribution in [0.15, 0.2) is 48.7 Å². The summed E-state index contributed by atoms with van der Waals surface area (Å²) in [5.41, 5.74) is 7.64. The zero-order chi connectivity index (χ0) is 12.8. The maximum atomic E-state index is 11.7. The van der Waals surface area contributed by atoms with Gasteiger partial charge in [-0.25, -0.2) is 4.98 Å². The SMILES string of the molecule is Nc1ccc(C(=O)NCCc2ccccc2)nc1. The first-order valence-electron chi connectivity index (χ1n) is 5.79. The van der Waals surface area contributed by atoms with Crippen LogP contribution in [0.5, 0.6) is 0 Å². The van der Waals surface area contributed by atoms with E-state index in [4.69, 9.17) is 5.73 Å². The van der Waals surface area contributed by atoms with E-state index in [1.165, 1.54) is 11.8 Å². The van der Waals surface area contributed by atoms with Gasteiger partial charge in [0, 0.05) is 6.54 Å². The molecule has 0 spiro atoms. The van der Waals surface area contributed by atoms with Crippen molar-refractivity contribution >= 4 is 11.6 Å². The van der Waals surface area contributed by atoms with Crippen LogP contribution in [0.4, 0.5) is 5.69 Å². The number of carbonyl (C=O) groups excluding carboxylic acids is 1. The largest absolute Gasteiger partial charge is 0.397 e. The van der Waals surface area contributed by atoms with Crippen molar-refractivity contribution in [1.82, 2.24) is 10.3 Å². The fourth-order valence-electron chi connectivity index (χ4n) is 1.60. The highest BCUT2D eigenvalue weighted by Gasteiger charge is 2.05. The molecule has 0 saturated carbocycles. The number of nitrogens with zero attached hydrogens (tertiary/aromatic N) is 1. The van der Waals surface area contributed by atoms with Gasteiger partial charge in [0.15, 0.2) is 0 Å². The number of aromatic nitrogens is 1. The van der Waals surface area contributed by atoms with Crippen molar-refractivity contribution in [2.45, 2.75) is 6.42 Å². The van der Waals surface area contributed by atoms with Crippen molar-refractivity contribution in [1.29, 1.82) is 0 Å². The minimum Gasteiger partial charge on any atom is -0.397 e. The minimum absolute atomic E-state index is 0.175. The third kappa shape index (κ3) is 3.31. The minimum atomic E-state index is -0.175. The maximum Gasteiger partial charge on any atom is 0.269 e. The van der Waals surface area contributed by atoms with Gasteiger partial charge in [0.1, 0.15) is 5.69 Å². The third-order valence-corrected chi connectivity index (χ3v) is 2.56. The van der Waals surface area contributed by atoms with Gasteiger partial charge in [-0.3, -0.25) is 4.79 Å². The number of benzene rings is 1. The Kier molecular flexibility index (Phi) is 3.91. The summed E-state index contributed by atoms with van der Waals surface area (Å²) in [4.78, 5) is 15.7. The third-order valence-electron chi connectivity index (χ3n) is 2.56. The van der Waals surface area contributed by atoms with E-state index in [0.29, 0.717) is 17.9 Å². The van der Waals surface area contributed by atoms with Crippen LogP contribution in [0.3, 0.4) is 0 Å². The Hall–Kier alpha value is -2.36. The van der Waals surface area contributed by atoms with E-state index in [9.17, 15) is 4.79 Å². The molecule has 0 saturated heterocycles. The molecule has 0 aliphatic carbocycles. The molecule has 0 atom stereocenters. The number of pyridine rings is 1. The molecule has 1 heterocycles. The number of rotatable bonds is 4. The predicted octanol–water partition coefficient (Wildman–Crippen LogP) is 1.64. The molecule has 1 amide bonds. The van der Waals surface area contributed by atoms with Crippen LogP contribution in [0.25, 0.3) is 0 Å². The molecule has 0 aliphatic heterocycles. The van der Waals surface area contributed by atoms with Crippen LogP contribution >= 0.6 is 0 Å². The van der Waals surface area contributed by atoms with Crippen LogP contribution in [0.2, 0.25) is 0 Å². The molecule has 0 unspecified atom stereocenters. The maximum absolute atomic E-state index is 11.7. The molecular weight excluding hydrogens is 226 g/mol. The molecule has 0 aliphatic rings. The molecular formula is C14H15N3O. The molecule has 0 fully saturated rings. The molecule has 92 valence electrons. The molecule has 18 heavy (non-hydrogen) atoms. The Morgan fingerprint density at radius 2 is 1.94 bits per heavy atom. The summed E-state index contributed by atoms with van der Waals surface area (Å²) < 4.78 is 0. The van der Waals surface area contributed by atoms with Gasteiger partial charge in [-0.1, -0.05) is 30.3 Å². The Morgan fingerprint density at radius 3 is 2.61 bits per heavy atom. The van der Waals surface area contributed by atoms with Gasteiger partial charge in [0.2, 0.25) is 0 Å². The summed E-state index contributed by atoms with van der Waals surface area (Å²) in [6.07, 6.45) is 2.29. The smallest absolute Gasteiger partial charge is 0.269 e. The first-order chi connectivity index (χ1) is 8.75. The van der Waals surface area contributed by atoms with E-state index in [0.717, 1.165) is 6.42 Å². The molecule has 2 aromatic rings. The zero-order valence-electron chi connectivity index (χ0n) is 9.97. The van der Waals surface area contributed by atoms with Crippen LogP contribution in [0, 0.1) is 0 Å². The molecule has 0 bridgehead atoms. The zero-order valence-corrected chi connectivity index (χ0v) is 9.97. The average molecular weight is 241 g/mol. The number of carbonyl (C=O) groups is 1. The highest BCUT2D eigenvalue weighted by Crippen LogP contribution is 2.01. The lowest BCUT2D eigenvalue weighted by atomic mass is 10.1. The average Bonchev–Trinajstić information content (AvgIpc) is 2.40. The highest BCUT2D eigenvalue weighted by molar-refractivity contribution is 5.92. The number of nitrogen functional groups attached to an aromatic ring is 1. The topological polar surface area (TPSA) is 68.0 Å². The summed E-state index contributed by atoms with van der Waals surface area (Å²) in [6.45, 7) is 0.592. The second-order valence-corrected chi connectivity index (χ2v) is 3.97. The molecule has 2 rings (SSSR count). The number of hydrogen-bond donors (Lipinski definition) is 2. The lowest BCUT2D eigenvalue weighted by Gasteiger charge is -2.05. The van der Waals surface area contributed by atoms with Gasteiger partial charge in [0.05, 0.1) is 11.9 Å². The van der Waals surface area contributed by atoms with Gasteiger partial charge in [-0.15, -0.1) is 0 Å². The van der Waals surface area contributed by atoms with E-state index in [-0.39, 0.29) is 5.91 Å². The van der Waals surface area contributed by atoms with E-state index >= 15 is 0 Å². The van der Waals surface area contributed by atoms with Crippen molar-refractivity contribution in [2.24, 2.45) is 0 Å². The molecule has 0 radical (unpaired) electrons. The number of nitrogens with two attached hydrogens (primary N) is 1. The second kappa shape index (κ2) is 5.82. The fraction of sp³-hybridized carbons (Fsp3) is 0.143. The summed E-state index contributed by atoms with van der Waals surface area (Å²) in [6, 6.07) is 13.3. The Bertz CT molecular complexity index is 508. The second-order valence-electron chi connectivity index (χ2n) is 3.97. The van der Waals surface area contributed by atoms with Crippen molar-refractivity contribution in [3.8, 4) is 0 Å². The van der Waals surface area contributed by atoms with E-state index in [2.05, 4.69) is 10.3 Å². The van der Waals surface area contributed by atoms with Crippen LogP contribution < -0.4 is 11.1 Å². The molecule has 1 aromatic carbocycles. The van der Waals surface area contributed by atoms with Crippen LogP contribution in [-0.4, -0.2) is 17.4 Å². The monoisotopic (exact) mass is 241 g/mol. The molecule has 4 heteroatoms. The fourth-order valence-corrected chi connectivity index (χ4v) is 1.60. The summed E-state index contributed by atoms with van der Waals surface area (Å²) in [7, 11) is 0. The van der Waals surface area contributed by atoms with Gasteiger partial charge >= 0.3 is 0 Å². The number of hydrogen-bond acceptors (Lipinski definition) is 3. The van der Waals surface area contributed by atoms with Crippen LogP contribution in [-0.2, 0) is 6.42 Å². The molecule has 4 nitrogen and oxygen atoms in total. The first-order valence-corrected chi connectivity index (χ1v) is 5.79. The normalized spacial score (nSPS) is 10.0. The summed E-state index contributed by atoms with van der Waals surface area (Å²) in [5, 5.41) is 2.82. The quantitative estimate of drug-likeness (QED) is 0.855.